The van der Waals surface area contributed by atoms with Gasteiger partial charge < -0.3 is 24.4 Å². The number of benzene rings is 1. The fraction of sp³-hybridized carbons (Fsp3) is 0.500. The Morgan fingerprint density at radius 3 is 2.41 bits per heavy atom. The molecular formula is C26H36N4O4. The molecule has 34 heavy (non-hydrogen) atoms. The number of piperidine rings is 1. The zero-order valence-electron chi connectivity index (χ0n) is 21.1. The van der Waals surface area contributed by atoms with Crippen molar-refractivity contribution in [3.8, 4) is 0 Å². The van der Waals surface area contributed by atoms with E-state index in [0.717, 1.165) is 29.7 Å². The second kappa shape index (κ2) is 10.3. The van der Waals surface area contributed by atoms with Crippen molar-refractivity contribution in [2.45, 2.75) is 59.1 Å². The lowest BCUT2D eigenvalue weighted by Crippen LogP contribution is -2.42. The Bertz CT molecular complexity index is 1050. The summed E-state index contributed by atoms with van der Waals surface area (Å²) in [6, 6.07) is 9.47. The van der Waals surface area contributed by atoms with Gasteiger partial charge in [0, 0.05) is 38.1 Å². The summed E-state index contributed by atoms with van der Waals surface area (Å²) in [6.45, 7) is 10.6. The Labute approximate surface area is 201 Å². The minimum Gasteiger partial charge on any atom is -0.444 e. The van der Waals surface area contributed by atoms with Gasteiger partial charge in [0.1, 0.15) is 11.3 Å². The number of amides is 3. The second-order valence-electron chi connectivity index (χ2n) is 9.96. The highest BCUT2D eigenvalue weighted by molar-refractivity contribution is 5.98. The number of ether oxygens (including phenoxy) is 1. The molecule has 1 aliphatic rings. The lowest BCUT2D eigenvalue weighted by molar-refractivity contribution is -0.116. The molecule has 3 amide bonds. The van der Waals surface area contributed by atoms with Crippen LogP contribution in [0.2, 0.25) is 0 Å². The van der Waals surface area contributed by atoms with Gasteiger partial charge in [-0.2, -0.15) is 0 Å². The Kier molecular flexibility index (Phi) is 7.69. The topological polar surface area (TPSA) is 83.9 Å². The minimum atomic E-state index is -0.525. The number of rotatable bonds is 5. The summed E-state index contributed by atoms with van der Waals surface area (Å²) in [5.41, 5.74) is 2.88. The average Bonchev–Trinajstić information content (AvgIpc) is 3.25. The lowest BCUT2D eigenvalue weighted by atomic mass is 10.0. The van der Waals surface area contributed by atoms with E-state index in [4.69, 9.17) is 4.74 Å². The van der Waals surface area contributed by atoms with Crippen LogP contribution in [0.5, 0.6) is 0 Å². The molecule has 0 radical (unpaired) electrons. The van der Waals surface area contributed by atoms with E-state index in [0.29, 0.717) is 18.8 Å². The van der Waals surface area contributed by atoms with Crippen LogP contribution in [-0.2, 0) is 9.53 Å². The number of aromatic nitrogens is 1. The molecular weight excluding hydrogens is 432 g/mol. The first-order valence-corrected chi connectivity index (χ1v) is 11.7. The van der Waals surface area contributed by atoms with Crippen LogP contribution < -0.4 is 5.32 Å². The fourth-order valence-corrected chi connectivity index (χ4v) is 4.11. The highest BCUT2D eigenvalue weighted by atomic mass is 16.6. The number of likely N-dealkylation sites (N-methyl/N-ethyl adjacent to an activating group) is 1. The van der Waals surface area contributed by atoms with Crippen molar-refractivity contribution in [3.63, 3.8) is 0 Å². The van der Waals surface area contributed by atoms with Crippen molar-refractivity contribution < 1.29 is 19.1 Å². The summed E-state index contributed by atoms with van der Waals surface area (Å²) in [5.74, 6) is -0.455. The van der Waals surface area contributed by atoms with Gasteiger partial charge in [0.25, 0.3) is 5.91 Å². The summed E-state index contributed by atoms with van der Waals surface area (Å²) < 4.78 is 7.44. The van der Waals surface area contributed by atoms with Gasteiger partial charge in [-0.1, -0.05) is 12.1 Å². The molecule has 0 spiro atoms. The van der Waals surface area contributed by atoms with E-state index in [2.05, 4.69) is 5.32 Å². The van der Waals surface area contributed by atoms with Gasteiger partial charge in [0.2, 0.25) is 5.91 Å². The maximum absolute atomic E-state index is 13.1. The number of nitrogens with zero attached hydrogens (tertiary/aromatic N) is 3. The van der Waals surface area contributed by atoms with Crippen molar-refractivity contribution in [2.24, 2.45) is 0 Å². The van der Waals surface area contributed by atoms with Gasteiger partial charge in [0.05, 0.1) is 6.54 Å². The lowest BCUT2D eigenvalue weighted by Gasteiger charge is -2.34. The number of aryl methyl sites for hydroxylation is 1. The number of carbonyl (C=O) groups excluding carboxylic acids is 3. The molecule has 1 saturated heterocycles. The van der Waals surface area contributed by atoms with Gasteiger partial charge >= 0.3 is 6.09 Å². The van der Waals surface area contributed by atoms with E-state index in [1.54, 1.807) is 18.0 Å². The fourth-order valence-electron chi connectivity index (χ4n) is 4.11. The van der Waals surface area contributed by atoms with E-state index in [9.17, 15) is 14.4 Å². The highest BCUT2D eigenvalue weighted by Gasteiger charge is 2.29. The normalized spacial score (nSPS) is 14.6. The maximum Gasteiger partial charge on any atom is 0.410 e. The third-order valence-electron chi connectivity index (χ3n) is 6.11. The Morgan fingerprint density at radius 2 is 1.76 bits per heavy atom. The molecule has 8 nitrogen and oxygen atoms in total. The molecule has 0 saturated carbocycles. The third kappa shape index (κ3) is 6.18. The predicted molar refractivity (Wildman–Crippen MR) is 132 cm³/mol. The van der Waals surface area contributed by atoms with Gasteiger partial charge in [-0.25, -0.2) is 4.79 Å². The zero-order chi connectivity index (χ0) is 25.0. The molecule has 8 heteroatoms. The van der Waals surface area contributed by atoms with Crippen LogP contribution in [0.4, 0.5) is 10.5 Å². The highest BCUT2D eigenvalue weighted by Crippen LogP contribution is 2.26. The molecule has 1 fully saturated rings. The van der Waals surface area contributed by atoms with Crippen molar-refractivity contribution in [2.75, 3.05) is 32.0 Å². The predicted octanol–water partition coefficient (Wildman–Crippen LogP) is 4.39. The Morgan fingerprint density at radius 1 is 1.09 bits per heavy atom. The first kappa shape index (κ1) is 25.3. The largest absolute Gasteiger partial charge is 0.444 e. The molecule has 1 aliphatic heterocycles. The van der Waals surface area contributed by atoms with Crippen LogP contribution in [0.25, 0.3) is 0 Å². The van der Waals surface area contributed by atoms with E-state index in [1.807, 2.05) is 69.6 Å². The Hall–Kier alpha value is -3.29. The SMILES string of the molecule is Cc1cccc(NC(=O)CN(C)C(=O)c2cccn2C2CCN(C(=O)OC(C)(C)C)CC2)c1C. The van der Waals surface area contributed by atoms with Gasteiger partial charge in [-0.15, -0.1) is 0 Å². The van der Waals surface area contributed by atoms with Gasteiger partial charge in [-0.3, -0.25) is 9.59 Å². The number of nitrogens with one attached hydrogen (secondary N) is 1. The number of hydrogen-bond acceptors (Lipinski definition) is 4. The molecule has 1 aromatic carbocycles. The quantitative estimate of drug-likeness (QED) is 0.706. The van der Waals surface area contributed by atoms with Crippen LogP contribution in [0, 0.1) is 13.8 Å². The molecule has 1 aromatic heterocycles. The third-order valence-corrected chi connectivity index (χ3v) is 6.11. The van der Waals surface area contributed by atoms with Crippen LogP contribution in [0.15, 0.2) is 36.5 Å². The minimum absolute atomic E-state index is 0.0471. The monoisotopic (exact) mass is 468 g/mol. The van der Waals surface area contributed by atoms with Crippen molar-refractivity contribution in [3.05, 3.63) is 53.3 Å². The van der Waals surface area contributed by atoms with Crippen molar-refractivity contribution in [1.82, 2.24) is 14.4 Å². The first-order valence-electron chi connectivity index (χ1n) is 11.7. The molecule has 3 rings (SSSR count). The molecule has 2 heterocycles. The Balaban J connectivity index is 1.59. The summed E-state index contributed by atoms with van der Waals surface area (Å²) in [6.07, 6.45) is 3.05. The number of hydrogen-bond donors (Lipinski definition) is 1. The number of carbonyl (C=O) groups is 3. The van der Waals surface area contributed by atoms with E-state index >= 15 is 0 Å². The molecule has 0 atom stereocenters. The summed E-state index contributed by atoms with van der Waals surface area (Å²) in [5, 5.41) is 2.90. The summed E-state index contributed by atoms with van der Waals surface area (Å²) >= 11 is 0. The van der Waals surface area contributed by atoms with Crippen LogP contribution >= 0.6 is 0 Å². The standard InChI is InChI=1S/C26H36N4O4/c1-18-9-7-10-21(19(18)2)27-23(31)17-28(6)24(32)22-11-8-14-30(22)20-12-15-29(16-13-20)25(33)34-26(3,4)5/h7-11,14,20H,12-13,15-17H2,1-6H3,(H,27,31). The molecule has 184 valence electrons. The molecule has 1 N–H and O–H groups in total. The molecule has 0 unspecified atom stereocenters. The zero-order valence-corrected chi connectivity index (χ0v) is 21.1. The first-order chi connectivity index (χ1) is 16.0. The summed E-state index contributed by atoms with van der Waals surface area (Å²) in [7, 11) is 1.63. The van der Waals surface area contributed by atoms with E-state index in [1.165, 1.54) is 4.90 Å². The van der Waals surface area contributed by atoms with Crippen LogP contribution in [0.3, 0.4) is 0 Å². The maximum atomic E-state index is 13.1. The van der Waals surface area contributed by atoms with Gasteiger partial charge in [-0.05, 0) is 76.8 Å². The molecule has 0 bridgehead atoms. The van der Waals surface area contributed by atoms with Gasteiger partial charge in [0.15, 0.2) is 0 Å². The van der Waals surface area contributed by atoms with Crippen LogP contribution in [-0.4, -0.2) is 64.6 Å². The molecule has 2 aromatic rings. The summed E-state index contributed by atoms with van der Waals surface area (Å²) in [4.78, 5) is 41.2. The van der Waals surface area contributed by atoms with E-state index < -0.39 is 5.60 Å². The van der Waals surface area contributed by atoms with Crippen molar-refractivity contribution >= 4 is 23.6 Å². The smallest absolute Gasteiger partial charge is 0.410 e. The average molecular weight is 469 g/mol. The molecule has 0 aliphatic carbocycles. The number of anilines is 1. The van der Waals surface area contributed by atoms with E-state index in [-0.39, 0.29) is 30.5 Å². The van der Waals surface area contributed by atoms with Crippen LogP contribution in [0.1, 0.15) is 61.3 Å². The number of likely N-dealkylation sites (tertiary alicyclic amines) is 1. The second-order valence-corrected chi connectivity index (χ2v) is 9.96. The van der Waals surface area contributed by atoms with Crippen molar-refractivity contribution in [1.29, 1.82) is 0 Å².